The molecule has 9 heavy (non-hydrogen) atoms. The smallest absolute Gasteiger partial charge is 0.0932 e. The van der Waals surface area contributed by atoms with E-state index in [2.05, 4.69) is 11.5 Å². The van der Waals surface area contributed by atoms with Crippen molar-refractivity contribution in [2.75, 3.05) is 13.7 Å². The minimum atomic E-state index is 0. The molecule has 1 heterocycles. The van der Waals surface area contributed by atoms with Crippen LogP contribution in [0, 0.1) is 0 Å². The molecule has 0 bridgehead atoms. The fourth-order valence-corrected chi connectivity index (χ4v) is 0.670. The first-order valence-corrected chi connectivity index (χ1v) is 2.60. The normalized spacial score (nSPS) is 15.7. The van der Waals surface area contributed by atoms with Gasteiger partial charge in [-0.05, 0) is 6.20 Å². The van der Waals surface area contributed by atoms with Gasteiger partial charge >= 0.3 is 0 Å². The predicted octanol–water partition coefficient (Wildman–Crippen LogP) is 1.23. The van der Waals surface area contributed by atoms with Crippen molar-refractivity contribution < 1.29 is 0 Å². The third-order valence-corrected chi connectivity index (χ3v) is 1.13. The molecule has 0 N–H and O–H groups in total. The molecule has 1 rings (SSSR count). The number of nitrogens with zero attached hydrogens (tertiary/aromatic N) is 2. The first-order chi connectivity index (χ1) is 3.83. The average Bonchev–Trinajstić information content (AvgIpc) is 2.14. The molecule has 0 amide bonds. The van der Waals surface area contributed by atoms with Crippen LogP contribution in [0.5, 0.6) is 0 Å². The number of hydrogen-bond acceptors (Lipinski definition) is 2. The fourth-order valence-electron chi connectivity index (χ4n) is 0.670. The van der Waals surface area contributed by atoms with Gasteiger partial charge in [0.05, 0.1) is 6.67 Å². The van der Waals surface area contributed by atoms with Crippen LogP contribution in [-0.4, -0.2) is 23.5 Å². The van der Waals surface area contributed by atoms with Gasteiger partial charge in [0.25, 0.3) is 0 Å². The van der Waals surface area contributed by atoms with Crippen molar-refractivity contribution in [3.05, 3.63) is 25.2 Å². The summed E-state index contributed by atoms with van der Waals surface area (Å²) in [4.78, 5) is 4.10. The summed E-state index contributed by atoms with van der Waals surface area (Å²) in [5, 5.41) is 0. The maximum Gasteiger partial charge on any atom is 0.0932 e. The van der Waals surface area contributed by atoms with Gasteiger partial charge in [-0.25, -0.2) is 0 Å². The molecule has 0 aromatic heterocycles. The number of rotatable bonds is 1. The van der Waals surface area contributed by atoms with Crippen LogP contribution in [0.15, 0.2) is 25.2 Å². The highest BCUT2D eigenvalue weighted by Gasteiger charge is 2.01. The largest absolute Gasteiger partial charge is 0.361 e. The van der Waals surface area contributed by atoms with Crippen LogP contribution < -0.4 is 0 Å². The molecule has 0 aromatic carbocycles. The Morgan fingerprint density at radius 3 is 2.44 bits per heavy atom. The maximum atomic E-state index is 3.63. The lowest BCUT2D eigenvalue weighted by atomic mass is 10.8. The zero-order chi connectivity index (χ0) is 5.98. The summed E-state index contributed by atoms with van der Waals surface area (Å²) in [6.45, 7) is 4.56. The van der Waals surface area contributed by atoms with E-state index < -0.39 is 0 Å². The van der Waals surface area contributed by atoms with Crippen molar-refractivity contribution >= 4 is 12.4 Å². The van der Waals surface area contributed by atoms with Gasteiger partial charge in [0, 0.05) is 19.4 Å². The molecule has 52 valence electrons. The first-order valence-electron chi connectivity index (χ1n) is 2.60. The summed E-state index contributed by atoms with van der Waals surface area (Å²) in [6.07, 6.45) is 5.81. The third kappa shape index (κ3) is 1.98. The van der Waals surface area contributed by atoms with Crippen LogP contribution >= 0.6 is 12.4 Å². The van der Waals surface area contributed by atoms with E-state index in [0.29, 0.717) is 0 Å². The Bertz CT molecular complexity index is 122. The minimum absolute atomic E-state index is 0. The SMILES string of the molecule is C=CN1C=CN(C)C1.Cl. The third-order valence-electron chi connectivity index (χ3n) is 1.13. The van der Waals surface area contributed by atoms with Crippen molar-refractivity contribution in [1.29, 1.82) is 0 Å². The van der Waals surface area contributed by atoms with E-state index in [9.17, 15) is 0 Å². The molecule has 0 atom stereocenters. The summed E-state index contributed by atoms with van der Waals surface area (Å²) in [7, 11) is 2.03. The molecule has 1 aliphatic heterocycles. The molecular formula is C6H11ClN2. The fraction of sp³-hybridized carbons (Fsp3) is 0.333. The molecule has 0 unspecified atom stereocenters. The van der Waals surface area contributed by atoms with E-state index >= 15 is 0 Å². The number of halogens is 1. The highest BCUT2D eigenvalue weighted by atomic mass is 35.5. The number of hydrogen-bond donors (Lipinski definition) is 0. The van der Waals surface area contributed by atoms with Crippen LogP contribution in [0.1, 0.15) is 0 Å². The Balaban J connectivity index is 0.000000640. The Morgan fingerprint density at radius 1 is 1.56 bits per heavy atom. The molecule has 3 heteroatoms. The second kappa shape index (κ2) is 3.41. The molecule has 0 fully saturated rings. The standard InChI is InChI=1S/C6H10N2.ClH/c1-3-8-5-4-7(2)6-8;/h3-5H,1,6H2,2H3;1H. The summed E-state index contributed by atoms with van der Waals surface area (Å²) < 4.78 is 0. The van der Waals surface area contributed by atoms with Gasteiger partial charge in [0.15, 0.2) is 0 Å². The van der Waals surface area contributed by atoms with Crippen LogP contribution in [0.3, 0.4) is 0 Å². The van der Waals surface area contributed by atoms with Gasteiger partial charge in [-0.1, -0.05) is 6.58 Å². The lowest BCUT2D eigenvalue weighted by Crippen LogP contribution is -2.16. The lowest BCUT2D eigenvalue weighted by Gasteiger charge is -2.11. The van der Waals surface area contributed by atoms with Crippen LogP contribution in [0.25, 0.3) is 0 Å². The molecule has 0 saturated carbocycles. The van der Waals surface area contributed by atoms with E-state index in [1.54, 1.807) is 6.20 Å². The summed E-state index contributed by atoms with van der Waals surface area (Å²) >= 11 is 0. The molecule has 0 saturated heterocycles. The van der Waals surface area contributed by atoms with Gasteiger partial charge < -0.3 is 9.80 Å². The first kappa shape index (κ1) is 8.37. The quantitative estimate of drug-likeness (QED) is 0.549. The second-order valence-electron chi connectivity index (χ2n) is 1.89. The lowest BCUT2D eigenvalue weighted by molar-refractivity contribution is 0.364. The average molecular weight is 147 g/mol. The Labute approximate surface area is 61.9 Å². The van der Waals surface area contributed by atoms with Gasteiger partial charge in [-0.2, -0.15) is 0 Å². The van der Waals surface area contributed by atoms with E-state index in [-0.39, 0.29) is 12.4 Å². The van der Waals surface area contributed by atoms with Crippen molar-refractivity contribution in [3.63, 3.8) is 0 Å². The van der Waals surface area contributed by atoms with E-state index in [1.807, 2.05) is 24.3 Å². The highest BCUT2D eigenvalue weighted by molar-refractivity contribution is 5.85. The molecule has 0 radical (unpaired) electrons. The Hall–Kier alpha value is -0.630. The van der Waals surface area contributed by atoms with Gasteiger partial charge in [-0.3, -0.25) is 0 Å². The summed E-state index contributed by atoms with van der Waals surface area (Å²) in [5.41, 5.74) is 0. The van der Waals surface area contributed by atoms with Gasteiger partial charge in [-0.15, -0.1) is 12.4 Å². The van der Waals surface area contributed by atoms with Gasteiger partial charge in [0.2, 0.25) is 0 Å². The Kier molecular flexibility index (Phi) is 3.17. The van der Waals surface area contributed by atoms with Crippen molar-refractivity contribution in [1.82, 2.24) is 9.80 Å². The highest BCUT2D eigenvalue weighted by Crippen LogP contribution is 2.01. The molecule has 1 aliphatic rings. The summed E-state index contributed by atoms with van der Waals surface area (Å²) in [6, 6.07) is 0. The van der Waals surface area contributed by atoms with Crippen LogP contribution in [0.4, 0.5) is 0 Å². The minimum Gasteiger partial charge on any atom is -0.361 e. The second-order valence-corrected chi connectivity index (χ2v) is 1.89. The van der Waals surface area contributed by atoms with Crippen molar-refractivity contribution in [2.24, 2.45) is 0 Å². The molecule has 0 aliphatic carbocycles. The van der Waals surface area contributed by atoms with Crippen molar-refractivity contribution in [3.8, 4) is 0 Å². The van der Waals surface area contributed by atoms with Crippen molar-refractivity contribution in [2.45, 2.75) is 0 Å². The predicted molar refractivity (Wildman–Crippen MR) is 41.1 cm³/mol. The van der Waals surface area contributed by atoms with E-state index in [1.165, 1.54) is 0 Å². The van der Waals surface area contributed by atoms with E-state index in [4.69, 9.17) is 0 Å². The van der Waals surface area contributed by atoms with E-state index in [0.717, 1.165) is 6.67 Å². The zero-order valence-electron chi connectivity index (χ0n) is 5.45. The van der Waals surface area contributed by atoms with Crippen LogP contribution in [0.2, 0.25) is 0 Å². The monoisotopic (exact) mass is 146 g/mol. The maximum absolute atomic E-state index is 3.63. The molecule has 0 spiro atoms. The van der Waals surface area contributed by atoms with Gasteiger partial charge in [0.1, 0.15) is 0 Å². The summed E-state index contributed by atoms with van der Waals surface area (Å²) in [5.74, 6) is 0. The molecule has 2 nitrogen and oxygen atoms in total. The van der Waals surface area contributed by atoms with Crippen LogP contribution in [-0.2, 0) is 0 Å². The zero-order valence-corrected chi connectivity index (χ0v) is 6.27. The molecule has 0 aromatic rings. The Morgan fingerprint density at radius 2 is 2.22 bits per heavy atom. The molecular weight excluding hydrogens is 136 g/mol. The topological polar surface area (TPSA) is 6.48 Å².